The van der Waals surface area contributed by atoms with Crippen LogP contribution >= 0.6 is 0 Å². The van der Waals surface area contributed by atoms with Crippen molar-refractivity contribution in [3.63, 3.8) is 0 Å². The van der Waals surface area contributed by atoms with Gasteiger partial charge in [-0.1, -0.05) is 6.92 Å². The van der Waals surface area contributed by atoms with E-state index in [9.17, 15) is 4.79 Å². The number of methoxy groups -OCH3 is 1. The molecule has 1 aliphatic heterocycles. The Morgan fingerprint density at radius 2 is 2.29 bits per heavy atom. The van der Waals surface area contributed by atoms with E-state index in [1.807, 2.05) is 19.1 Å². The molecule has 1 aromatic carbocycles. The Morgan fingerprint density at radius 1 is 1.50 bits per heavy atom. The molecule has 1 heterocycles. The van der Waals surface area contributed by atoms with Crippen molar-refractivity contribution in [2.45, 2.75) is 20.0 Å². The van der Waals surface area contributed by atoms with Crippen LogP contribution in [0.5, 0.6) is 5.75 Å². The van der Waals surface area contributed by atoms with Crippen LogP contribution in [0, 0.1) is 0 Å². The van der Waals surface area contributed by atoms with Gasteiger partial charge in [0.15, 0.2) is 0 Å². The standard InChI is InChI=1S/C11H12O3/c1-3-7-4-9-8(5-10(7)13-2)6-14-11(9)12/h4-5H,3,6H2,1-2H3. The molecule has 2 rings (SSSR count). The number of ether oxygens (including phenoxy) is 2. The number of hydrogen-bond donors (Lipinski definition) is 0. The molecule has 0 N–H and O–H groups in total. The third kappa shape index (κ3) is 1.25. The number of benzene rings is 1. The van der Waals surface area contributed by atoms with Gasteiger partial charge >= 0.3 is 5.97 Å². The maximum absolute atomic E-state index is 11.3. The smallest absolute Gasteiger partial charge is 0.338 e. The van der Waals surface area contributed by atoms with Crippen molar-refractivity contribution >= 4 is 5.97 Å². The van der Waals surface area contributed by atoms with Crippen molar-refractivity contribution in [2.75, 3.05) is 7.11 Å². The molecule has 3 heteroatoms. The van der Waals surface area contributed by atoms with Crippen molar-refractivity contribution in [3.05, 3.63) is 28.8 Å². The summed E-state index contributed by atoms with van der Waals surface area (Å²) < 4.78 is 10.2. The zero-order chi connectivity index (χ0) is 10.1. The Labute approximate surface area is 82.6 Å². The minimum absolute atomic E-state index is 0.225. The summed E-state index contributed by atoms with van der Waals surface area (Å²) in [5.74, 6) is 0.613. The summed E-state index contributed by atoms with van der Waals surface area (Å²) in [5.41, 5.74) is 2.65. The van der Waals surface area contributed by atoms with E-state index in [0.29, 0.717) is 12.2 Å². The lowest BCUT2D eigenvalue weighted by Crippen LogP contribution is -1.97. The molecule has 0 aromatic heterocycles. The van der Waals surface area contributed by atoms with E-state index in [-0.39, 0.29) is 5.97 Å². The van der Waals surface area contributed by atoms with Crippen LogP contribution in [0.3, 0.4) is 0 Å². The molecule has 0 saturated heterocycles. The van der Waals surface area contributed by atoms with Gasteiger partial charge in [-0.3, -0.25) is 0 Å². The molecule has 0 aliphatic carbocycles. The zero-order valence-corrected chi connectivity index (χ0v) is 8.29. The lowest BCUT2D eigenvalue weighted by atomic mass is 10.0. The van der Waals surface area contributed by atoms with E-state index >= 15 is 0 Å². The maximum Gasteiger partial charge on any atom is 0.338 e. The summed E-state index contributed by atoms with van der Waals surface area (Å²) in [6.45, 7) is 2.40. The number of hydrogen-bond acceptors (Lipinski definition) is 3. The van der Waals surface area contributed by atoms with E-state index in [0.717, 1.165) is 23.3 Å². The predicted octanol–water partition coefficient (Wildman–Crippen LogP) is 1.93. The highest BCUT2D eigenvalue weighted by Crippen LogP contribution is 2.28. The summed E-state index contributed by atoms with van der Waals surface area (Å²) in [4.78, 5) is 11.3. The second-order valence-corrected chi connectivity index (χ2v) is 3.25. The van der Waals surface area contributed by atoms with Crippen LogP contribution in [-0.4, -0.2) is 13.1 Å². The third-order valence-electron chi connectivity index (χ3n) is 2.47. The van der Waals surface area contributed by atoms with Gasteiger partial charge in [-0.2, -0.15) is 0 Å². The molecule has 0 saturated carbocycles. The molecule has 0 atom stereocenters. The number of aryl methyl sites for hydroxylation is 1. The molecule has 14 heavy (non-hydrogen) atoms. The van der Waals surface area contributed by atoms with E-state index < -0.39 is 0 Å². The summed E-state index contributed by atoms with van der Waals surface area (Å²) in [5, 5.41) is 0. The van der Waals surface area contributed by atoms with Gasteiger partial charge in [0.25, 0.3) is 0 Å². The van der Waals surface area contributed by atoms with Crippen LogP contribution in [0.2, 0.25) is 0 Å². The van der Waals surface area contributed by atoms with Gasteiger partial charge in [-0.15, -0.1) is 0 Å². The van der Waals surface area contributed by atoms with Crippen LogP contribution < -0.4 is 4.74 Å². The fraction of sp³-hybridized carbons (Fsp3) is 0.364. The molecule has 0 bridgehead atoms. The van der Waals surface area contributed by atoms with Crippen molar-refractivity contribution in [1.29, 1.82) is 0 Å². The highest BCUT2D eigenvalue weighted by Gasteiger charge is 2.22. The summed E-state index contributed by atoms with van der Waals surface area (Å²) in [7, 11) is 1.64. The van der Waals surface area contributed by atoms with Crippen LogP contribution in [0.1, 0.15) is 28.4 Å². The van der Waals surface area contributed by atoms with Gasteiger partial charge in [-0.05, 0) is 24.1 Å². The lowest BCUT2D eigenvalue weighted by molar-refractivity contribution is 0.0535. The van der Waals surface area contributed by atoms with Gasteiger partial charge in [0.2, 0.25) is 0 Å². The van der Waals surface area contributed by atoms with Crippen molar-refractivity contribution in [1.82, 2.24) is 0 Å². The molecule has 0 amide bonds. The van der Waals surface area contributed by atoms with Gasteiger partial charge in [0.05, 0.1) is 12.7 Å². The van der Waals surface area contributed by atoms with Crippen LogP contribution in [0.15, 0.2) is 12.1 Å². The summed E-state index contributed by atoms with van der Waals surface area (Å²) >= 11 is 0. The Morgan fingerprint density at radius 3 is 2.93 bits per heavy atom. The molecule has 0 fully saturated rings. The molecular formula is C11H12O3. The first-order valence-corrected chi connectivity index (χ1v) is 4.63. The topological polar surface area (TPSA) is 35.5 Å². The van der Waals surface area contributed by atoms with Gasteiger partial charge in [0, 0.05) is 5.56 Å². The first-order valence-electron chi connectivity index (χ1n) is 4.63. The number of carbonyl (C=O) groups excluding carboxylic acids is 1. The Hall–Kier alpha value is -1.51. The second-order valence-electron chi connectivity index (χ2n) is 3.25. The third-order valence-corrected chi connectivity index (χ3v) is 2.47. The van der Waals surface area contributed by atoms with Crippen molar-refractivity contribution in [2.24, 2.45) is 0 Å². The highest BCUT2D eigenvalue weighted by atomic mass is 16.5. The number of rotatable bonds is 2. The quantitative estimate of drug-likeness (QED) is 0.671. The number of esters is 1. The van der Waals surface area contributed by atoms with Gasteiger partial charge in [-0.25, -0.2) is 4.79 Å². The van der Waals surface area contributed by atoms with E-state index in [1.165, 1.54) is 0 Å². The van der Waals surface area contributed by atoms with E-state index in [2.05, 4.69) is 0 Å². The Balaban J connectivity index is 2.54. The second kappa shape index (κ2) is 3.33. The van der Waals surface area contributed by atoms with Crippen LogP contribution in [-0.2, 0) is 17.8 Å². The molecule has 0 unspecified atom stereocenters. The fourth-order valence-electron chi connectivity index (χ4n) is 1.66. The number of fused-ring (bicyclic) bond motifs is 1. The first kappa shape index (κ1) is 9.06. The molecule has 0 spiro atoms. The average molecular weight is 192 g/mol. The van der Waals surface area contributed by atoms with Crippen molar-refractivity contribution in [3.8, 4) is 5.75 Å². The highest BCUT2D eigenvalue weighted by molar-refractivity contribution is 5.93. The molecule has 0 radical (unpaired) electrons. The molecule has 74 valence electrons. The molecule has 1 aliphatic rings. The van der Waals surface area contributed by atoms with Crippen molar-refractivity contribution < 1.29 is 14.3 Å². The van der Waals surface area contributed by atoms with E-state index in [4.69, 9.17) is 9.47 Å². The van der Waals surface area contributed by atoms with Gasteiger partial charge in [0.1, 0.15) is 12.4 Å². The Kier molecular flexibility index (Phi) is 2.15. The Bertz CT molecular complexity index is 382. The summed E-state index contributed by atoms with van der Waals surface area (Å²) in [6.07, 6.45) is 0.851. The van der Waals surface area contributed by atoms with Gasteiger partial charge < -0.3 is 9.47 Å². The maximum atomic E-state index is 11.3. The summed E-state index contributed by atoms with van der Waals surface area (Å²) in [6, 6.07) is 3.75. The SMILES string of the molecule is CCc1cc2c(cc1OC)COC2=O. The number of cyclic esters (lactones) is 1. The molecular weight excluding hydrogens is 180 g/mol. The lowest BCUT2D eigenvalue weighted by Gasteiger charge is -2.07. The molecule has 1 aromatic rings. The van der Waals surface area contributed by atoms with Crippen LogP contribution in [0.25, 0.3) is 0 Å². The first-order chi connectivity index (χ1) is 6.76. The monoisotopic (exact) mass is 192 g/mol. The molecule has 3 nitrogen and oxygen atoms in total. The largest absolute Gasteiger partial charge is 0.496 e. The zero-order valence-electron chi connectivity index (χ0n) is 8.29. The average Bonchev–Trinajstić information content (AvgIpc) is 2.58. The number of carbonyl (C=O) groups is 1. The normalized spacial score (nSPS) is 13.7. The minimum Gasteiger partial charge on any atom is -0.496 e. The minimum atomic E-state index is -0.225. The van der Waals surface area contributed by atoms with E-state index in [1.54, 1.807) is 7.11 Å². The van der Waals surface area contributed by atoms with Crippen LogP contribution in [0.4, 0.5) is 0 Å². The predicted molar refractivity (Wildman–Crippen MR) is 51.5 cm³/mol. The fourth-order valence-corrected chi connectivity index (χ4v) is 1.66.